The van der Waals surface area contributed by atoms with Crippen molar-refractivity contribution in [3.8, 4) is 0 Å². The quantitative estimate of drug-likeness (QED) is 0.489. The lowest BCUT2D eigenvalue weighted by molar-refractivity contribution is -0.149. The number of allylic oxidation sites excluding steroid dienone is 1. The van der Waals surface area contributed by atoms with Crippen molar-refractivity contribution in [3.05, 3.63) is 12.2 Å². The van der Waals surface area contributed by atoms with Crippen molar-refractivity contribution < 1.29 is 14.3 Å². The molecule has 0 radical (unpaired) electrons. The average molecular weight is 254 g/mol. The van der Waals surface area contributed by atoms with Gasteiger partial charge in [-0.2, -0.15) is 0 Å². The molecule has 0 amide bonds. The fraction of sp³-hybridized carbons (Fsp3) is 0.800. The minimum Gasteiger partial charge on any atom is -0.464 e. The third kappa shape index (κ3) is 9.23. The molecule has 0 aromatic rings. The fourth-order valence-electron chi connectivity index (χ4n) is 2.02. The van der Waals surface area contributed by atoms with Gasteiger partial charge in [0.2, 0.25) is 0 Å². The van der Waals surface area contributed by atoms with Crippen LogP contribution < -0.4 is 0 Å². The van der Waals surface area contributed by atoms with Crippen LogP contribution >= 0.6 is 0 Å². The SMILES string of the molecule is O=C1COCC/C=C/CCCCCCCCCO1. The Morgan fingerprint density at radius 3 is 2.28 bits per heavy atom. The normalized spacial score (nSPS) is 23.9. The third-order valence-corrected chi connectivity index (χ3v) is 3.09. The monoisotopic (exact) mass is 254 g/mol. The number of esters is 1. The molecule has 1 heterocycles. The van der Waals surface area contributed by atoms with Gasteiger partial charge in [0.25, 0.3) is 0 Å². The maximum Gasteiger partial charge on any atom is 0.332 e. The highest BCUT2D eigenvalue weighted by atomic mass is 16.6. The number of carbonyl (C=O) groups excluding carboxylic acids is 1. The third-order valence-electron chi connectivity index (χ3n) is 3.09. The lowest BCUT2D eigenvalue weighted by Crippen LogP contribution is -2.13. The highest BCUT2D eigenvalue weighted by Crippen LogP contribution is 2.09. The van der Waals surface area contributed by atoms with Gasteiger partial charge in [-0.25, -0.2) is 4.79 Å². The Morgan fingerprint density at radius 1 is 0.778 bits per heavy atom. The number of hydrogen-bond acceptors (Lipinski definition) is 3. The molecule has 1 aliphatic heterocycles. The summed E-state index contributed by atoms with van der Waals surface area (Å²) in [6.45, 7) is 1.24. The van der Waals surface area contributed by atoms with E-state index >= 15 is 0 Å². The van der Waals surface area contributed by atoms with Crippen molar-refractivity contribution in [2.45, 2.75) is 57.8 Å². The smallest absolute Gasteiger partial charge is 0.332 e. The fourth-order valence-corrected chi connectivity index (χ4v) is 2.02. The van der Waals surface area contributed by atoms with E-state index < -0.39 is 0 Å². The number of rotatable bonds is 0. The van der Waals surface area contributed by atoms with E-state index in [1.54, 1.807) is 0 Å². The van der Waals surface area contributed by atoms with E-state index in [0.29, 0.717) is 13.2 Å². The molecule has 1 aliphatic rings. The number of ether oxygens (including phenoxy) is 2. The van der Waals surface area contributed by atoms with Crippen LogP contribution in [0.25, 0.3) is 0 Å². The van der Waals surface area contributed by atoms with Crippen molar-refractivity contribution in [3.63, 3.8) is 0 Å². The molecule has 3 nitrogen and oxygen atoms in total. The minimum atomic E-state index is -0.233. The van der Waals surface area contributed by atoms with Gasteiger partial charge >= 0.3 is 5.97 Å². The van der Waals surface area contributed by atoms with Crippen molar-refractivity contribution in [2.24, 2.45) is 0 Å². The van der Waals surface area contributed by atoms with Crippen LogP contribution in [0.3, 0.4) is 0 Å². The average Bonchev–Trinajstić information content (AvgIpc) is 2.37. The van der Waals surface area contributed by atoms with Crippen LogP contribution in [0.4, 0.5) is 0 Å². The summed E-state index contributed by atoms with van der Waals surface area (Å²) in [5, 5.41) is 0. The zero-order valence-electron chi connectivity index (χ0n) is 11.4. The molecule has 0 fully saturated rings. The van der Waals surface area contributed by atoms with E-state index in [9.17, 15) is 4.79 Å². The largest absolute Gasteiger partial charge is 0.464 e. The maximum atomic E-state index is 11.3. The Labute approximate surface area is 111 Å². The van der Waals surface area contributed by atoms with Crippen LogP contribution in [0.5, 0.6) is 0 Å². The van der Waals surface area contributed by atoms with Crippen LogP contribution in [-0.4, -0.2) is 25.8 Å². The zero-order chi connectivity index (χ0) is 12.9. The van der Waals surface area contributed by atoms with Crippen molar-refractivity contribution in [1.29, 1.82) is 0 Å². The number of carbonyl (C=O) groups is 1. The van der Waals surface area contributed by atoms with Crippen molar-refractivity contribution >= 4 is 5.97 Å². The van der Waals surface area contributed by atoms with Gasteiger partial charge in [0.1, 0.15) is 6.61 Å². The molecule has 0 aromatic carbocycles. The molecule has 0 atom stereocenters. The second-order valence-corrected chi connectivity index (χ2v) is 4.80. The maximum absolute atomic E-state index is 11.3. The Kier molecular flexibility index (Phi) is 9.54. The highest BCUT2D eigenvalue weighted by molar-refractivity contribution is 5.70. The van der Waals surface area contributed by atoms with Gasteiger partial charge in [-0.3, -0.25) is 0 Å². The lowest BCUT2D eigenvalue weighted by Gasteiger charge is -2.05. The standard InChI is InChI=1S/C15H26O3/c16-15-14-17-12-10-8-6-4-2-1-3-5-7-9-11-13-18-15/h6,8H,1-5,7,9-14H2/b8-6+. The van der Waals surface area contributed by atoms with E-state index in [1.807, 2.05) is 0 Å². The molecule has 1 rings (SSSR count). The van der Waals surface area contributed by atoms with Gasteiger partial charge in [-0.05, 0) is 25.7 Å². The molecule has 0 saturated heterocycles. The Balaban J connectivity index is 2.17. The van der Waals surface area contributed by atoms with Crippen LogP contribution in [0.15, 0.2) is 12.2 Å². The summed E-state index contributed by atoms with van der Waals surface area (Å²) < 4.78 is 10.3. The summed E-state index contributed by atoms with van der Waals surface area (Å²) in [4.78, 5) is 11.3. The van der Waals surface area contributed by atoms with Gasteiger partial charge < -0.3 is 9.47 Å². The van der Waals surface area contributed by atoms with E-state index in [2.05, 4.69) is 12.2 Å². The molecule has 0 spiro atoms. The van der Waals surface area contributed by atoms with E-state index in [-0.39, 0.29) is 12.6 Å². The van der Waals surface area contributed by atoms with Gasteiger partial charge in [0.05, 0.1) is 13.2 Å². The van der Waals surface area contributed by atoms with Gasteiger partial charge in [-0.15, -0.1) is 0 Å². The van der Waals surface area contributed by atoms with Crippen LogP contribution in [0.1, 0.15) is 57.8 Å². The molecule has 3 heteroatoms. The Morgan fingerprint density at radius 2 is 1.44 bits per heavy atom. The molecule has 104 valence electrons. The van der Waals surface area contributed by atoms with Gasteiger partial charge in [-0.1, -0.05) is 44.3 Å². The second kappa shape index (κ2) is 11.3. The summed E-state index contributed by atoms with van der Waals surface area (Å²) in [5.41, 5.74) is 0. The lowest BCUT2D eigenvalue weighted by atomic mass is 10.1. The van der Waals surface area contributed by atoms with Crippen LogP contribution in [-0.2, 0) is 14.3 Å². The van der Waals surface area contributed by atoms with Crippen LogP contribution in [0.2, 0.25) is 0 Å². The van der Waals surface area contributed by atoms with Gasteiger partial charge in [0.15, 0.2) is 0 Å². The highest BCUT2D eigenvalue weighted by Gasteiger charge is 2.02. The Hall–Kier alpha value is -0.830. The first-order valence-electron chi connectivity index (χ1n) is 7.28. The second-order valence-electron chi connectivity index (χ2n) is 4.80. The van der Waals surface area contributed by atoms with Crippen LogP contribution in [0, 0.1) is 0 Å². The predicted molar refractivity (Wildman–Crippen MR) is 72.5 cm³/mol. The van der Waals surface area contributed by atoms with E-state index in [1.165, 1.54) is 38.5 Å². The van der Waals surface area contributed by atoms with Crippen molar-refractivity contribution in [1.82, 2.24) is 0 Å². The molecule has 0 aromatic heterocycles. The summed E-state index contributed by atoms with van der Waals surface area (Å²) in [6.07, 6.45) is 15.1. The first kappa shape index (κ1) is 15.2. The topological polar surface area (TPSA) is 35.5 Å². The molecule has 0 aliphatic carbocycles. The predicted octanol–water partition coefficient (Wildman–Crippen LogP) is 3.63. The summed E-state index contributed by atoms with van der Waals surface area (Å²) in [7, 11) is 0. The number of cyclic esters (lactones) is 1. The molecular weight excluding hydrogens is 228 g/mol. The molecule has 0 unspecified atom stereocenters. The zero-order valence-corrected chi connectivity index (χ0v) is 11.4. The van der Waals surface area contributed by atoms with E-state index in [0.717, 1.165) is 19.3 Å². The minimum absolute atomic E-state index is 0.0911. The van der Waals surface area contributed by atoms with Crippen molar-refractivity contribution in [2.75, 3.05) is 19.8 Å². The molecule has 18 heavy (non-hydrogen) atoms. The molecule has 0 N–H and O–H groups in total. The summed E-state index contributed by atoms with van der Waals surface area (Å²) >= 11 is 0. The molecule has 0 saturated carbocycles. The van der Waals surface area contributed by atoms with E-state index in [4.69, 9.17) is 9.47 Å². The first-order valence-corrected chi connectivity index (χ1v) is 7.28. The summed E-state index contributed by atoms with van der Waals surface area (Å²) in [6, 6.07) is 0. The number of hydrogen-bond donors (Lipinski definition) is 0. The molecule has 0 bridgehead atoms. The summed E-state index contributed by atoms with van der Waals surface area (Å²) in [5.74, 6) is -0.233. The van der Waals surface area contributed by atoms with Gasteiger partial charge in [0, 0.05) is 0 Å². The first-order chi connectivity index (χ1) is 8.89. The Bertz CT molecular complexity index is 236. The molecular formula is C15H26O3.